The zero-order chi connectivity index (χ0) is 17.7. The first kappa shape index (κ1) is 16.9. The summed E-state index contributed by atoms with van der Waals surface area (Å²) < 4.78 is 11.0. The molecule has 1 aromatic heterocycles. The smallest absolute Gasteiger partial charge is 0.268 e. The largest absolute Gasteiger partial charge is 0.490 e. The lowest BCUT2D eigenvalue weighted by atomic mass is 9.96. The molecule has 0 spiro atoms. The summed E-state index contributed by atoms with van der Waals surface area (Å²) in [7, 11) is 0. The summed E-state index contributed by atoms with van der Waals surface area (Å²) in [5, 5.41) is 18.7. The molecule has 122 valence electrons. The molecule has 0 radical (unpaired) electrons. The second-order valence-corrected chi connectivity index (χ2v) is 4.74. The summed E-state index contributed by atoms with van der Waals surface area (Å²) in [4.78, 5) is 14.3. The maximum Gasteiger partial charge on any atom is 0.268 e. The van der Waals surface area contributed by atoms with Gasteiger partial charge in [-0.25, -0.2) is 0 Å². The number of nitrogen functional groups attached to an aromatic ring is 1. The Labute approximate surface area is 138 Å². The van der Waals surface area contributed by atoms with E-state index in [1.807, 2.05) is 26.0 Å². The Morgan fingerprint density at radius 3 is 2.29 bits per heavy atom. The summed E-state index contributed by atoms with van der Waals surface area (Å²) >= 11 is 0. The first-order chi connectivity index (χ1) is 11.6. The quantitative estimate of drug-likeness (QED) is 0.868. The van der Waals surface area contributed by atoms with E-state index in [2.05, 4.69) is 4.98 Å². The van der Waals surface area contributed by atoms with Gasteiger partial charge in [0.05, 0.1) is 13.2 Å². The standard InChI is InChI=1S/C17H16N4O3/c1-3-23-13-6-5-10(7-14(13)24-4-2)15-11(8-18)16(20)21-17(22)12(15)9-19/h5-7H,3-4H2,1-2H3,(H3,20,21,22). The van der Waals surface area contributed by atoms with Crippen molar-refractivity contribution in [2.75, 3.05) is 18.9 Å². The Morgan fingerprint density at radius 1 is 1.08 bits per heavy atom. The zero-order valence-electron chi connectivity index (χ0n) is 13.3. The molecule has 24 heavy (non-hydrogen) atoms. The molecule has 2 aromatic rings. The van der Waals surface area contributed by atoms with Crippen molar-refractivity contribution < 1.29 is 9.47 Å². The number of aromatic amines is 1. The molecule has 0 fully saturated rings. The number of nitriles is 2. The number of nitrogens with two attached hydrogens (primary N) is 1. The highest BCUT2D eigenvalue weighted by atomic mass is 16.5. The molecule has 1 aromatic carbocycles. The Hall–Kier alpha value is -3.45. The number of nitrogens with one attached hydrogen (secondary N) is 1. The van der Waals surface area contributed by atoms with E-state index in [4.69, 9.17) is 15.2 Å². The highest BCUT2D eigenvalue weighted by molar-refractivity contribution is 5.81. The van der Waals surface area contributed by atoms with Gasteiger partial charge in [0.15, 0.2) is 11.5 Å². The van der Waals surface area contributed by atoms with E-state index in [9.17, 15) is 15.3 Å². The normalized spacial score (nSPS) is 9.83. The summed E-state index contributed by atoms with van der Waals surface area (Å²) in [5.41, 5.74) is 5.61. The molecule has 0 saturated heterocycles. The number of rotatable bonds is 5. The van der Waals surface area contributed by atoms with E-state index in [1.54, 1.807) is 18.2 Å². The first-order valence-electron chi connectivity index (χ1n) is 7.33. The lowest BCUT2D eigenvalue weighted by Gasteiger charge is -2.14. The van der Waals surface area contributed by atoms with Crippen LogP contribution < -0.4 is 20.8 Å². The third kappa shape index (κ3) is 3.01. The van der Waals surface area contributed by atoms with Crippen LogP contribution in [0.4, 0.5) is 5.82 Å². The van der Waals surface area contributed by atoms with Gasteiger partial charge in [0.25, 0.3) is 5.56 Å². The Morgan fingerprint density at radius 2 is 1.71 bits per heavy atom. The highest BCUT2D eigenvalue weighted by Crippen LogP contribution is 2.35. The van der Waals surface area contributed by atoms with Crippen molar-refractivity contribution in [3.8, 4) is 34.8 Å². The lowest BCUT2D eigenvalue weighted by molar-refractivity contribution is 0.288. The Bertz CT molecular complexity index is 904. The number of H-pyrrole nitrogens is 1. The average molecular weight is 324 g/mol. The van der Waals surface area contributed by atoms with Crippen molar-refractivity contribution in [1.29, 1.82) is 10.5 Å². The van der Waals surface area contributed by atoms with Crippen LogP contribution in [-0.2, 0) is 0 Å². The molecular weight excluding hydrogens is 308 g/mol. The number of nitrogens with zero attached hydrogens (tertiary/aromatic N) is 2. The fraction of sp³-hybridized carbons (Fsp3) is 0.235. The van der Waals surface area contributed by atoms with Crippen molar-refractivity contribution in [3.05, 3.63) is 39.7 Å². The van der Waals surface area contributed by atoms with Gasteiger partial charge >= 0.3 is 0 Å². The van der Waals surface area contributed by atoms with Crippen LogP contribution in [0.2, 0.25) is 0 Å². The van der Waals surface area contributed by atoms with Gasteiger partial charge in [-0.05, 0) is 31.5 Å². The molecule has 0 atom stereocenters. The highest BCUT2D eigenvalue weighted by Gasteiger charge is 2.19. The summed E-state index contributed by atoms with van der Waals surface area (Å²) in [5.74, 6) is 0.921. The van der Waals surface area contributed by atoms with Gasteiger partial charge in [0.2, 0.25) is 0 Å². The predicted octanol–water partition coefficient (Wildman–Crippen LogP) is 2.16. The molecule has 0 unspecified atom stereocenters. The molecule has 0 amide bonds. The van der Waals surface area contributed by atoms with Gasteiger partial charge in [-0.15, -0.1) is 0 Å². The molecule has 7 heteroatoms. The molecule has 2 rings (SSSR count). The number of ether oxygens (including phenoxy) is 2. The third-order valence-corrected chi connectivity index (χ3v) is 3.30. The van der Waals surface area contributed by atoms with Crippen LogP contribution in [0.3, 0.4) is 0 Å². The molecule has 0 saturated carbocycles. The van der Waals surface area contributed by atoms with Crippen LogP contribution in [0.25, 0.3) is 11.1 Å². The number of anilines is 1. The van der Waals surface area contributed by atoms with Crippen molar-refractivity contribution in [3.63, 3.8) is 0 Å². The predicted molar refractivity (Wildman–Crippen MR) is 88.7 cm³/mol. The van der Waals surface area contributed by atoms with Crippen molar-refractivity contribution in [2.24, 2.45) is 0 Å². The van der Waals surface area contributed by atoms with Crippen molar-refractivity contribution >= 4 is 5.82 Å². The molecule has 0 aliphatic rings. The average Bonchev–Trinajstić information content (AvgIpc) is 2.56. The van der Waals surface area contributed by atoms with Gasteiger partial charge < -0.3 is 20.2 Å². The molecule has 0 aliphatic heterocycles. The molecule has 1 heterocycles. The minimum absolute atomic E-state index is 0.0396. The van der Waals surface area contributed by atoms with Crippen molar-refractivity contribution in [1.82, 2.24) is 4.98 Å². The molecule has 0 aliphatic carbocycles. The minimum Gasteiger partial charge on any atom is -0.490 e. The van der Waals surface area contributed by atoms with E-state index >= 15 is 0 Å². The molecule has 7 nitrogen and oxygen atoms in total. The SMILES string of the molecule is CCOc1ccc(-c2c(C#N)c(N)[nH]c(=O)c2C#N)cc1OCC. The van der Waals surface area contributed by atoms with Gasteiger partial charge in [-0.1, -0.05) is 6.07 Å². The van der Waals surface area contributed by atoms with Crippen molar-refractivity contribution in [2.45, 2.75) is 13.8 Å². The maximum atomic E-state index is 12.0. The molecule has 0 bridgehead atoms. The fourth-order valence-electron chi connectivity index (χ4n) is 2.34. The maximum absolute atomic E-state index is 12.0. The summed E-state index contributed by atoms with van der Waals surface area (Å²) in [6.07, 6.45) is 0. The van der Waals surface area contributed by atoms with Crippen LogP contribution in [0.5, 0.6) is 11.5 Å². The van der Waals surface area contributed by atoms with E-state index in [-0.39, 0.29) is 22.5 Å². The zero-order valence-corrected chi connectivity index (χ0v) is 13.3. The number of hydrogen-bond donors (Lipinski definition) is 2. The number of benzene rings is 1. The van der Waals surface area contributed by atoms with Gasteiger partial charge in [-0.3, -0.25) is 4.79 Å². The fourth-order valence-corrected chi connectivity index (χ4v) is 2.34. The summed E-state index contributed by atoms with van der Waals surface area (Å²) in [6.45, 7) is 4.55. The molecule has 3 N–H and O–H groups in total. The van der Waals surface area contributed by atoms with E-state index in [0.29, 0.717) is 30.3 Å². The van der Waals surface area contributed by atoms with E-state index in [0.717, 1.165) is 0 Å². The van der Waals surface area contributed by atoms with E-state index < -0.39 is 5.56 Å². The third-order valence-electron chi connectivity index (χ3n) is 3.30. The molecular formula is C17H16N4O3. The topological polar surface area (TPSA) is 125 Å². The monoisotopic (exact) mass is 324 g/mol. The number of pyridine rings is 1. The second-order valence-electron chi connectivity index (χ2n) is 4.74. The number of hydrogen-bond acceptors (Lipinski definition) is 6. The van der Waals surface area contributed by atoms with Gasteiger partial charge in [0.1, 0.15) is 29.1 Å². The Balaban J connectivity index is 2.77. The second kappa shape index (κ2) is 7.21. The van der Waals surface area contributed by atoms with Crippen LogP contribution >= 0.6 is 0 Å². The van der Waals surface area contributed by atoms with Gasteiger partial charge in [0, 0.05) is 5.56 Å². The Kier molecular flexibility index (Phi) is 5.08. The minimum atomic E-state index is -0.643. The van der Waals surface area contributed by atoms with E-state index in [1.165, 1.54) is 0 Å². The lowest BCUT2D eigenvalue weighted by Crippen LogP contribution is -2.16. The first-order valence-corrected chi connectivity index (χ1v) is 7.33. The van der Waals surface area contributed by atoms with Gasteiger partial charge in [-0.2, -0.15) is 10.5 Å². The summed E-state index contributed by atoms with van der Waals surface area (Å²) in [6, 6.07) is 8.73. The van der Waals surface area contributed by atoms with Crippen LogP contribution in [-0.4, -0.2) is 18.2 Å². The van der Waals surface area contributed by atoms with Crippen LogP contribution in [0.1, 0.15) is 25.0 Å². The number of aromatic nitrogens is 1. The van der Waals surface area contributed by atoms with Crippen LogP contribution in [0, 0.1) is 22.7 Å². The van der Waals surface area contributed by atoms with Crippen LogP contribution in [0.15, 0.2) is 23.0 Å².